The number of nitrogens with zero attached hydrogens (tertiary/aromatic N) is 1. The van der Waals surface area contributed by atoms with Gasteiger partial charge in [0, 0.05) is 27.0 Å². The van der Waals surface area contributed by atoms with Gasteiger partial charge in [0.05, 0.1) is 12.8 Å². The van der Waals surface area contributed by atoms with Crippen molar-refractivity contribution in [2.24, 2.45) is 4.99 Å². The van der Waals surface area contributed by atoms with E-state index in [4.69, 9.17) is 4.74 Å². The smallest absolute Gasteiger partial charge is 0.126 e. The van der Waals surface area contributed by atoms with Crippen molar-refractivity contribution in [2.45, 2.75) is 0 Å². The molecule has 0 aromatic heterocycles. The summed E-state index contributed by atoms with van der Waals surface area (Å²) in [6, 6.07) is 17.0. The molecule has 0 amide bonds. The van der Waals surface area contributed by atoms with E-state index in [9.17, 15) is 5.11 Å². The van der Waals surface area contributed by atoms with Crippen molar-refractivity contribution in [1.82, 2.24) is 0 Å². The highest BCUT2D eigenvalue weighted by molar-refractivity contribution is 9.10. The maximum atomic E-state index is 9.88. The number of phenolic OH excluding ortho intramolecular Hbond substituents is 1. The molecule has 1 N–H and O–H groups in total. The third-order valence-corrected chi connectivity index (χ3v) is 3.91. The van der Waals surface area contributed by atoms with E-state index in [0.717, 1.165) is 26.7 Å². The Morgan fingerprint density at radius 1 is 1.05 bits per heavy atom. The summed E-state index contributed by atoms with van der Waals surface area (Å²) < 4.78 is 6.28. The molecule has 0 aliphatic heterocycles. The Bertz CT molecular complexity index is 859. The van der Waals surface area contributed by atoms with Gasteiger partial charge in [-0.3, -0.25) is 4.99 Å². The number of phenols is 1. The SMILES string of the molecule is COc1ccc(N=Cc2cc(Br)ccc2O)c2ccccc12. The monoisotopic (exact) mass is 355 g/mol. The zero-order valence-electron chi connectivity index (χ0n) is 12.0. The van der Waals surface area contributed by atoms with Crippen LogP contribution >= 0.6 is 15.9 Å². The number of ether oxygens (including phenoxy) is 1. The molecule has 0 heterocycles. The van der Waals surface area contributed by atoms with Crippen LogP contribution in [0.4, 0.5) is 5.69 Å². The maximum Gasteiger partial charge on any atom is 0.126 e. The summed E-state index contributed by atoms with van der Waals surface area (Å²) >= 11 is 3.39. The molecule has 0 atom stereocenters. The van der Waals surface area contributed by atoms with Crippen molar-refractivity contribution in [3.63, 3.8) is 0 Å². The summed E-state index contributed by atoms with van der Waals surface area (Å²) in [6.07, 6.45) is 1.66. The lowest BCUT2D eigenvalue weighted by molar-refractivity contribution is 0.420. The van der Waals surface area contributed by atoms with E-state index in [1.54, 1.807) is 25.5 Å². The minimum Gasteiger partial charge on any atom is -0.507 e. The number of fused-ring (bicyclic) bond motifs is 1. The van der Waals surface area contributed by atoms with E-state index < -0.39 is 0 Å². The number of aliphatic imine (C=N–C) groups is 1. The highest BCUT2D eigenvalue weighted by atomic mass is 79.9. The fourth-order valence-corrected chi connectivity index (χ4v) is 2.69. The highest BCUT2D eigenvalue weighted by Gasteiger charge is 2.05. The zero-order valence-corrected chi connectivity index (χ0v) is 13.5. The highest BCUT2D eigenvalue weighted by Crippen LogP contribution is 2.33. The molecule has 3 aromatic rings. The molecule has 0 fully saturated rings. The second-order valence-corrected chi connectivity index (χ2v) is 5.71. The first-order valence-corrected chi connectivity index (χ1v) is 7.56. The van der Waals surface area contributed by atoms with Crippen LogP contribution in [0.25, 0.3) is 10.8 Å². The summed E-state index contributed by atoms with van der Waals surface area (Å²) in [6.45, 7) is 0. The van der Waals surface area contributed by atoms with E-state index in [1.807, 2.05) is 42.5 Å². The van der Waals surface area contributed by atoms with Crippen LogP contribution in [0.1, 0.15) is 5.56 Å². The van der Waals surface area contributed by atoms with E-state index in [0.29, 0.717) is 5.56 Å². The molecule has 0 spiro atoms. The lowest BCUT2D eigenvalue weighted by Crippen LogP contribution is -1.86. The molecule has 0 aliphatic carbocycles. The van der Waals surface area contributed by atoms with Gasteiger partial charge in [-0.15, -0.1) is 0 Å². The molecule has 0 aliphatic rings. The standard InChI is InChI=1S/C18H14BrNO2/c1-22-18-9-7-16(14-4-2-3-5-15(14)18)20-11-12-10-13(19)6-8-17(12)21/h2-11,21H,1H3. The molecule has 0 unspecified atom stereocenters. The third kappa shape index (κ3) is 2.83. The summed E-state index contributed by atoms with van der Waals surface area (Å²) in [7, 11) is 1.66. The Morgan fingerprint density at radius 2 is 1.82 bits per heavy atom. The lowest BCUT2D eigenvalue weighted by Gasteiger charge is -2.07. The molecule has 3 nitrogen and oxygen atoms in total. The summed E-state index contributed by atoms with van der Waals surface area (Å²) in [4.78, 5) is 4.52. The Labute approximate surface area is 137 Å². The fourth-order valence-electron chi connectivity index (χ4n) is 2.31. The van der Waals surface area contributed by atoms with E-state index in [-0.39, 0.29) is 5.75 Å². The van der Waals surface area contributed by atoms with Crippen LogP contribution < -0.4 is 4.74 Å². The molecular formula is C18H14BrNO2. The minimum atomic E-state index is 0.199. The quantitative estimate of drug-likeness (QED) is 0.666. The van der Waals surface area contributed by atoms with Gasteiger partial charge >= 0.3 is 0 Å². The largest absolute Gasteiger partial charge is 0.507 e. The second kappa shape index (κ2) is 6.20. The second-order valence-electron chi connectivity index (χ2n) is 4.79. The first-order chi connectivity index (χ1) is 10.7. The lowest BCUT2D eigenvalue weighted by atomic mass is 10.1. The van der Waals surface area contributed by atoms with Crippen molar-refractivity contribution in [1.29, 1.82) is 0 Å². The van der Waals surface area contributed by atoms with Gasteiger partial charge in [0.25, 0.3) is 0 Å². The molecule has 110 valence electrons. The van der Waals surface area contributed by atoms with Crippen molar-refractivity contribution >= 4 is 38.6 Å². The number of halogens is 1. The van der Waals surface area contributed by atoms with E-state index >= 15 is 0 Å². The molecule has 0 saturated heterocycles. The van der Waals surface area contributed by atoms with Gasteiger partial charge in [0.2, 0.25) is 0 Å². The third-order valence-electron chi connectivity index (χ3n) is 3.41. The summed E-state index contributed by atoms with van der Waals surface area (Å²) in [5.41, 5.74) is 1.49. The zero-order chi connectivity index (χ0) is 15.5. The predicted octanol–water partition coefficient (Wildman–Crippen LogP) is 5.07. The summed E-state index contributed by atoms with van der Waals surface area (Å²) in [5.74, 6) is 1.02. The number of hydrogen-bond acceptors (Lipinski definition) is 3. The average Bonchev–Trinajstić information content (AvgIpc) is 2.55. The van der Waals surface area contributed by atoms with Gasteiger partial charge in [-0.1, -0.05) is 40.2 Å². The molecule has 0 radical (unpaired) electrons. The van der Waals surface area contributed by atoms with Gasteiger partial charge in [-0.25, -0.2) is 0 Å². The van der Waals surface area contributed by atoms with Gasteiger partial charge in [-0.05, 0) is 30.3 Å². The van der Waals surface area contributed by atoms with Crippen molar-refractivity contribution in [2.75, 3.05) is 7.11 Å². The normalized spacial score (nSPS) is 11.2. The minimum absolute atomic E-state index is 0.199. The molecule has 4 heteroatoms. The summed E-state index contributed by atoms with van der Waals surface area (Å²) in [5, 5.41) is 11.9. The van der Waals surface area contributed by atoms with Gasteiger partial charge in [0.1, 0.15) is 11.5 Å². The molecule has 22 heavy (non-hydrogen) atoms. The molecule has 0 bridgehead atoms. The van der Waals surface area contributed by atoms with Crippen molar-refractivity contribution < 1.29 is 9.84 Å². The van der Waals surface area contributed by atoms with Crippen LogP contribution in [-0.2, 0) is 0 Å². The van der Waals surface area contributed by atoms with Crippen LogP contribution in [0.15, 0.2) is 64.1 Å². The van der Waals surface area contributed by atoms with Gasteiger partial charge in [-0.2, -0.15) is 0 Å². The molecule has 0 saturated carbocycles. The van der Waals surface area contributed by atoms with Crippen molar-refractivity contribution in [3.05, 3.63) is 64.6 Å². The number of methoxy groups -OCH3 is 1. The van der Waals surface area contributed by atoms with Crippen LogP contribution in [-0.4, -0.2) is 18.4 Å². The molecule has 3 aromatic carbocycles. The Balaban J connectivity index is 2.08. The maximum absolute atomic E-state index is 9.88. The van der Waals surface area contributed by atoms with Gasteiger partial charge < -0.3 is 9.84 Å². The first kappa shape index (κ1) is 14.6. The van der Waals surface area contributed by atoms with Crippen LogP contribution in [0.2, 0.25) is 0 Å². The van der Waals surface area contributed by atoms with Gasteiger partial charge in [0.15, 0.2) is 0 Å². The topological polar surface area (TPSA) is 41.8 Å². The Hall–Kier alpha value is -2.33. The van der Waals surface area contributed by atoms with Crippen molar-refractivity contribution in [3.8, 4) is 11.5 Å². The van der Waals surface area contributed by atoms with E-state index in [1.165, 1.54) is 0 Å². The fraction of sp³-hybridized carbons (Fsp3) is 0.0556. The molecular weight excluding hydrogens is 342 g/mol. The Morgan fingerprint density at radius 3 is 2.59 bits per heavy atom. The number of benzene rings is 3. The number of hydrogen-bond donors (Lipinski definition) is 1. The van der Waals surface area contributed by atoms with E-state index in [2.05, 4.69) is 20.9 Å². The first-order valence-electron chi connectivity index (χ1n) is 6.77. The molecule has 3 rings (SSSR count). The van der Waals surface area contributed by atoms with Crippen LogP contribution in [0, 0.1) is 0 Å². The average molecular weight is 356 g/mol. The predicted molar refractivity (Wildman–Crippen MR) is 93.6 cm³/mol. The van der Waals surface area contributed by atoms with Crippen LogP contribution in [0.3, 0.4) is 0 Å². The number of rotatable bonds is 3. The Kier molecular flexibility index (Phi) is 4.11. The van der Waals surface area contributed by atoms with Crippen LogP contribution in [0.5, 0.6) is 11.5 Å². The number of aromatic hydroxyl groups is 1.